The van der Waals surface area contributed by atoms with Crippen LogP contribution in [0, 0.1) is 6.92 Å². The molecule has 1 aliphatic heterocycles. The number of hydrogen-bond acceptors (Lipinski definition) is 3. The summed E-state index contributed by atoms with van der Waals surface area (Å²) in [7, 11) is 0. The maximum atomic E-state index is 11.4. The number of aryl methyl sites for hydroxylation is 1. The van der Waals surface area contributed by atoms with Gasteiger partial charge in [0, 0.05) is 24.2 Å². The quantitative estimate of drug-likeness (QED) is 0.803. The van der Waals surface area contributed by atoms with Crippen LogP contribution in [0.1, 0.15) is 17.1 Å². The van der Waals surface area contributed by atoms with Gasteiger partial charge >= 0.3 is 6.03 Å². The van der Waals surface area contributed by atoms with Gasteiger partial charge in [-0.3, -0.25) is 0 Å². The molecule has 76 valence electrons. The van der Waals surface area contributed by atoms with E-state index in [-0.39, 0.29) is 6.03 Å². The number of rotatable bonds is 2. The van der Waals surface area contributed by atoms with Crippen molar-refractivity contribution in [2.75, 3.05) is 13.1 Å². The third kappa shape index (κ3) is 2.04. The Morgan fingerprint density at radius 2 is 2.50 bits per heavy atom. The molecule has 1 saturated heterocycles. The molecule has 14 heavy (non-hydrogen) atoms. The summed E-state index contributed by atoms with van der Waals surface area (Å²) in [4.78, 5) is 17.5. The summed E-state index contributed by atoms with van der Waals surface area (Å²) < 4.78 is 0. The highest BCUT2D eigenvalue weighted by Crippen LogP contribution is 2.09. The number of likely N-dealkylation sites (tertiary alicyclic amines) is 1. The number of amides is 2. The van der Waals surface area contributed by atoms with Gasteiger partial charge in [-0.25, -0.2) is 9.78 Å². The zero-order valence-electron chi connectivity index (χ0n) is 8.12. The molecule has 0 aromatic carbocycles. The minimum Gasteiger partial charge on any atom is -0.331 e. The van der Waals surface area contributed by atoms with Crippen LogP contribution in [-0.4, -0.2) is 29.0 Å². The first-order valence-corrected chi connectivity index (χ1v) is 5.57. The maximum absolute atomic E-state index is 11.4. The predicted molar refractivity (Wildman–Crippen MR) is 55.3 cm³/mol. The third-order valence-corrected chi connectivity index (χ3v) is 3.17. The molecular formula is C9H13N3OS. The summed E-state index contributed by atoms with van der Waals surface area (Å²) >= 11 is 1.58. The van der Waals surface area contributed by atoms with E-state index < -0.39 is 0 Å². The zero-order chi connectivity index (χ0) is 9.97. The van der Waals surface area contributed by atoms with E-state index in [9.17, 15) is 4.79 Å². The summed E-state index contributed by atoms with van der Waals surface area (Å²) in [6.07, 6.45) is 1.13. The number of aromatic nitrogens is 1. The fraction of sp³-hybridized carbons (Fsp3) is 0.556. The monoisotopic (exact) mass is 211 g/mol. The maximum Gasteiger partial charge on any atom is 0.317 e. The van der Waals surface area contributed by atoms with Gasteiger partial charge in [-0.1, -0.05) is 0 Å². The van der Waals surface area contributed by atoms with Gasteiger partial charge in [-0.2, -0.15) is 0 Å². The van der Waals surface area contributed by atoms with Gasteiger partial charge in [0.1, 0.15) is 5.01 Å². The molecule has 1 aromatic rings. The number of nitrogens with zero attached hydrogens (tertiary/aromatic N) is 2. The predicted octanol–water partition coefficient (Wildman–Crippen LogP) is 1.37. The van der Waals surface area contributed by atoms with Gasteiger partial charge in [0.05, 0.1) is 6.54 Å². The van der Waals surface area contributed by atoms with Crippen molar-refractivity contribution in [1.82, 2.24) is 15.2 Å². The van der Waals surface area contributed by atoms with E-state index in [0.29, 0.717) is 6.54 Å². The SMILES string of the molecule is Cc1csc(CNC(=O)N2CCC2)n1. The van der Waals surface area contributed by atoms with Crippen molar-refractivity contribution in [1.29, 1.82) is 0 Å². The van der Waals surface area contributed by atoms with E-state index >= 15 is 0 Å². The Bertz CT molecular complexity index is 333. The number of urea groups is 1. The molecule has 0 bridgehead atoms. The Morgan fingerprint density at radius 1 is 1.71 bits per heavy atom. The summed E-state index contributed by atoms with van der Waals surface area (Å²) in [6, 6.07) is 0.0316. The molecule has 2 amide bonds. The Labute approximate surface area is 86.9 Å². The fourth-order valence-corrected chi connectivity index (χ4v) is 1.98. The standard InChI is InChI=1S/C9H13N3OS/c1-7-6-14-8(11-7)5-10-9(13)12-3-2-4-12/h6H,2-5H2,1H3,(H,10,13). The molecule has 0 saturated carbocycles. The molecule has 0 aliphatic carbocycles. The van der Waals surface area contributed by atoms with E-state index in [0.717, 1.165) is 30.2 Å². The normalized spacial score (nSPS) is 15.1. The van der Waals surface area contributed by atoms with Crippen molar-refractivity contribution in [3.8, 4) is 0 Å². The van der Waals surface area contributed by atoms with Crippen LogP contribution in [0.4, 0.5) is 4.79 Å². The number of hydrogen-bond donors (Lipinski definition) is 1. The second-order valence-electron chi connectivity index (χ2n) is 3.38. The van der Waals surface area contributed by atoms with Crippen LogP contribution in [0.15, 0.2) is 5.38 Å². The van der Waals surface area contributed by atoms with Crippen LogP contribution >= 0.6 is 11.3 Å². The highest BCUT2D eigenvalue weighted by Gasteiger charge is 2.19. The van der Waals surface area contributed by atoms with Crippen LogP contribution in [-0.2, 0) is 6.54 Å². The van der Waals surface area contributed by atoms with Crippen LogP contribution in [0.25, 0.3) is 0 Å². The third-order valence-electron chi connectivity index (χ3n) is 2.20. The smallest absolute Gasteiger partial charge is 0.317 e. The molecule has 0 unspecified atom stereocenters. The van der Waals surface area contributed by atoms with Crippen molar-refractivity contribution < 1.29 is 4.79 Å². The first kappa shape index (κ1) is 9.45. The number of nitrogens with one attached hydrogen (secondary N) is 1. The molecule has 0 radical (unpaired) electrons. The van der Waals surface area contributed by atoms with Crippen LogP contribution in [0.3, 0.4) is 0 Å². The Kier molecular flexibility index (Phi) is 2.67. The Balaban J connectivity index is 1.79. The minimum absolute atomic E-state index is 0.0316. The van der Waals surface area contributed by atoms with E-state index in [1.165, 1.54) is 0 Å². The van der Waals surface area contributed by atoms with Crippen molar-refractivity contribution in [3.63, 3.8) is 0 Å². The number of carbonyl (C=O) groups excluding carboxylic acids is 1. The Morgan fingerprint density at radius 3 is 3.00 bits per heavy atom. The molecule has 4 nitrogen and oxygen atoms in total. The second-order valence-corrected chi connectivity index (χ2v) is 4.32. The second kappa shape index (κ2) is 3.96. The molecule has 1 aliphatic rings. The van der Waals surface area contributed by atoms with Crippen molar-refractivity contribution in [2.24, 2.45) is 0 Å². The van der Waals surface area contributed by atoms with Gasteiger partial charge in [0.2, 0.25) is 0 Å². The lowest BCUT2D eigenvalue weighted by atomic mass is 10.2. The highest BCUT2D eigenvalue weighted by atomic mass is 32.1. The minimum atomic E-state index is 0.0316. The van der Waals surface area contributed by atoms with E-state index in [1.807, 2.05) is 12.3 Å². The lowest BCUT2D eigenvalue weighted by Crippen LogP contribution is -2.47. The number of thiazole rings is 1. The fourth-order valence-electron chi connectivity index (χ4n) is 1.27. The molecule has 0 atom stereocenters. The molecule has 5 heteroatoms. The van der Waals surface area contributed by atoms with Crippen molar-refractivity contribution in [3.05, 3.63) is 16.1 Å². The van der Waals surface area contributed by atoms with Crippen LogP contribution in [0.5, 0.6) is 0 Å². The van der Waals surface area contributed by atoms with E-state index in [4.69, 9.17) is 0 Å². The summed E-state index contributed by atoms with van der Waals surface area (Å²) in [5.41, 5.74) is 1.02. The van der Waals surface area contributed by atoms with Gasteiger partial charge in [0.25, 0.3) is 0 Å². The van der Waals surface area contributed by atoms with Crippen molar-refractivity contribution >= 4 is 17.4 Å². The van der Waals surface area contributed by atoms with Crippen LogP contribution < -0.4 is 5.32 Å². The summed E-state index contributed by atoms with van der Waals surface area (Å²) in [5.74, 6) is 0. The first-order valence-electron chi connectivity index (χ1n) is 4.69. The molecule has 2 heterocycles. The first-order chi connectivity index (χ1) is 6.75. The molecule has 1 aromatic heterocycles. The number of carbonyl (C=O) groups is 1. The molecule has 1 fully saturated rings. The van der Waals surface area contributed by atoms with E-state index in [1.54, 1.807) is 16.2 Å². The van der Waals surface area contributed by atoms with Gasteiger partial charge < -0.3 is 10.2 Å². The van der Waals surface area contributed by atoms with Crippen molar-refractivity contribution in [2.45, 2.75) is 19.9 Å². The lowest BCUT2D eigenvalue weighted by molar-refractivity contribution is 0.167. The Hall–Kier alpha value is -1.10. The molecule has 0 spiro atoms. The van der Waals surface area contributed by atoms with Gasteiger partial charge in [-0.05, 0) is 13.3 Å². The highest BCUT2D eigenvalue weighted by molar-refractivity contribution is 7.09. The largest absolute Gasteiger partial charge is 0.331 e. The van der Waals surface area contributed by atoms with Crippen LogP contribution in [0.2, 0.25) is 0 Å². The van der Waals surface area contributed by atoms with Gasteiger partial charge in [0.15, 0.2) is 0 Å². The summed E-state index contributed by atoms with van der Waals surface area (Å²) in [5, 5.41) is 5.81. The summed E-state index contributed by atoms with van der Waals surface area (Å²) in [6.45, 7) is 4.29. The molecule has 1 N–H and O–H groups in total. The van der Waals surface area contributed by atoms with Gasteiger partial charge in [-0.15, -0.1) is 11.3 Å². The average Bonchev–Trinajstić information content (AvgIpc) is 2.45. The topological polar surface area (TPSA) is 45.2 Å². The van der Waals surface area contributed by atoms with E-state index in [2.05, 4.69) is 10.3 Å². The zero-order valence-corrected chi connectivity index (χ0v) is 8.93. The lowest BCUT2D eigenvalue weighted by Gasteiger charge is -2.30. The molecular weight excluding hydrogens is 198 g/mol. The molecule has 2 rings (SSSR count). The average molecular weight is 211 g/mol.